The summed E-state index contributed by atoms with van der Waals surface area (Å²) in [7, 11) is 0. The van der Waals surface area contributed by atoms with Crippen molar-refractivity contribution < 1.29 is 9.32 Å². The molecule has 0 aliphatic carbocycles. The Kier molecular flexibility index (Phi) is 5.33. The molecule has 0 saturated carbocycles. The van der Waals surface area contributed by atoms with Gasteiger partial charge in [-0.15, -0.1) is 0 Å². The van der Waals surface area contributed by atoms with Gasteiger partial charge in [0.2, 0.25) is 5.43 Å². The van der Waals surface area contributed by atoms with E-state index < -0.39 is 0 Å². The summed E-state index contributed by atoms with van der Waals surface area (Å²) in [5.41, 5.74) is 2.15. The second-order valence-electron chi connectivity index (χ2n) is 6.74. The Morgan fingerprint density at radius 3 is 2.41 bits per heavy atom. The van der Waals surface area contributed by atoms with Gasteiger partial charge in [0, 0.05) is 15.7 Å². The Labute approximate surface area is 171 Å². The standard InChI is InChI=1S/C20H17Cl3N2O2/c21-14-1-3-16(4-2-14)25-7-5-24(6-8-25)11-13-12-27-20-17(19(13)26)9-15(22)10-18(20)23/h1-4,9-10,12H,5-8,11H2/p+1. The number of hydrogen-bond donors (Lipinski definition) is 1. The van der Waals surface area contributed by atoms with Crippen molar-refractivity contribution in [2.75, 3.05) is 31.1 Å². The van der Waals surface area contributed by atoms with Crippen molar-refractivity contribution in [1.82, 2.24) is 0 Å². The van der Waals surface area contributed by atoms with Gasteiger partial charge in [-0.1, -0.05) is 34.8 Å². The van der Waals surface area contributed by atoms with Gasteiger partial charge in [-0.05, 0) is 36.4 Å². The molecule has 2 aromatic carbocycles. The van der Waals surface area contributed by atoms with Crippen LogP contribution in [-0.4, -0.2) is 26.2 Å². The van der Waals surface area contributed by atoms with E-state index in [-0.39, 0.29) is 5.43 Å². The zero-order chi connectivity index (χ0) is 19.0. The average molecular weight is 425 g/mol. The normalized spacial score (nSPS) is 15.4. The summed E-state index contributed by atoms with van der Waals surface area (Å²) in [5.74, 6) is 0. The van der Waals surface area contributed by atoms with Crippen LogP contribution in [0, 0.1) is 0 Å². The first-order valence-corrected chi connectivity index (χ1v) is 9.88. The molecule has 0 atom stereocenters. The molecule has 1 fully saturated rings. The minimum absolute atomic E-state index is 0.0618. The van der Waals surface area contributed by atoms with Crippen LogP contribution in [0.4, 0.5) is 5.69 Å². The summed E-state index contributed by atoms with van der Waals surface area (Å²) in [6, 6.07) is 11.1. The van der Waals surface area contributed by atoms with E-state index in [9.17, 15) is 4.79 Å². The van der Waals surface area contributed by atoms with Crippen LogP contribution in [0.5, 0.6) is 0 Å². The fourth-order valence-electron chi connectivity index (χ4n) is 3.51. The summed E-state index contributed by atoms with van der Waals surface area (Å²) in [6.45, 7) is 4.35. The molecule has 4 rings (SSSR count). The Morgan fingerprint density at radius 1 is 1.00 bits per heavy atom. The maximum absolute atomic E-state index is 12.8. The second kappa shape index (κ2) is 7.72. The van der Waals surface area contributed by atoms with Crippen LogP contribution in [0.3, 0.4) is 0 Å². The van der Waals surface area contributed by atoms with E-state index >= 15 is 0 Å². The molecule has 0 unspecified atom stereocenters. The third-order valence-corrected chi connectivity index (χ3v) is 5.72. The molecule has 1 N–H and O–H groups in total. The molecule has 4 nitrogen and oxygen atoms in total. The number of quaternary nitrogens is 1. The summed E-state index contributed by atoms with van der Waals surface area (Å²) in [4.78, 5) is 16.5. The van der Waals surface area contributed by atoms with Gasteiger partial charge < -0.3 is 14.2 Å². The fraction of sp³-hybridized carbons (Fsp3) is 0.250. The van der Waals surface area contributed by atoms with Crippen LogP contribution < -0.4 is 15.2 Å². The van der Waals surface area contributed by atoms with E-state index in [1.807, 2.05) is 24.3 Å². The third-order valence-electron chi connectivity index (χ3n) is 4.97. The number of hydrogen-bond acceptors (Lipinski definition) is 3. The first kappa shape index (κ1) is 18.6. The van der Waals surface area contributed by atoms with Crippen molar-refractivity contribution in [3.63, 3.8) is 0 Å². The molecule has 1 saturated heterocycles. The SMILES string of the molecule is O=c1c(C[NH+]2CCN(c3ccc(Cl)cc3)CC2)coc2c(Cl)cc(Cl)cc12. The molecule has 0 bridgehead atoms. The lowest BCUT2D eigenvalue weighted by atomic mass is 10.1. The summed E-state index contributed by atoms with van der Waals surface area (Å²) in [5, 5.41) is 1.96. The first-order valence-electron chi connectivity index (χ1n) is 8.75. The van der Waals surface area contributed by atoms with Crippen LogP contribution in [0.25, 0.3) is 11.0 Å². The fourth-order valence-corrected chi connectivity index (χ4v) is 4.17. The summed E-state index contributed by atoms with van der Waals surface area (Å²) >= 11 is 18.1. The van der Waals surface area contributed by atoms with Gasteiger partial charge in [-0.2, -0.15) is 0 Å². The van der Waals surface area contributed by atoms with Gasteiger partial charge >= 0.3 is 0 Å². The smallest absolute Gasteiger partial charge is 0.201 e. The lowest BCUT2D eigenvalue weighted by Gasteiger charge is -2.33. The molecule has 27 heavy (non-hydrogen) atoms. The largest absolute Gasteiger partial charge is 0.462 e. The van der Waals surface area contributed by atoms with Crippen molar-refractivity contribution >= 4 is 51.5 Å². The quantitative estimate of drug-likeness (QED) is 0.697. The molecule has 1 aliphatic rings. The lowest BCUT2D eigenvalue weighted by molar-refractivity contribution is -0.914. The van der Waals surface area contributed by atoms with Gasteiger partial charge in [0.05, 0.1) is 42.2 Å². The monoisotopic (exact) mass is 423 g/mol. The van der Waals surface area contributed by atoms with E-state index in [0.29, 0.717) is 33.1 Å². The van der Waals surface area contributed by atoms with E-state index in [1.165, 1.54) is 16.9 Å². The second-order valence-corrected chi connectivity index (χ2v) is 8.02. The minimum Gasteiger partial charge on any atom is -0.462 e. The highest BCUT2D eigenvalue weighted by atomic mass is 35.5. The molecule has 0 radical (unpaired) electrons. The first-order chi connectivity index (χ1) is 13.0. The number of nitrogens with zero attached hydrogens (tertiary/aromatic N) is 1. The molecule has 0 amide bonds. The van der Waals surface area contributed by atoms with Crippen molar-refractivity contribution in [3.05, 3.63) is 73.5 Å². The molecule has 7 heteroatoms. The van der Waals surface area contributed by atoms with Crippen molar-refractivity contribution in [2.45, 2.75) is 6.54 Å². The minimum atomic E-state index is -0.0618. The van der Waals surface area contributed by atoms with E-state index in [2.05, 4.69) is 4.90 Å². The van der Waals surface area contributed by atoms with E-state index in [4.69, 9.17) is 39.2 Å². The molecule has 0 spiro atoms. The van der Waals surface area contributed by atoms with Gasteiger partial charge in [0.25, 0.3) is 0 Å². The Balaban J connectivity index is 1.48. The maximum Gasteiger partial charge on any atom is 0.201 e. The number of nitrogens with one attached hydrogen (secondary N) is 1. The number of fused-ring (bicyclic) bond motifs is 1. The van der Waals surface area contributed by atoms with Gasteiger partial charge in [-0.3, -0.25) is 4.79 Å². The predicted octanol–water partition coefficient (Wildman–Crippen LogP) is 3.66. The van der Waals surface area contributed by atoms with Crippen LogP contribution in [0.2, 0.25) is 15.1 Å². The highest BCUT2D eigenvalue weighted by Gasteiger charge is 2.22. The molecule has 1 aliphatic heterocycles. The molecule has 140 valence electrons. The molecular weight excluding hydrogens is 407 g/mol. The predicted molar refractivity (Wildman–Crippen MR) is 111 cm³/mol. The van der Waals surface area contributed by atoms with Crippen LogP contribution in [0.1, 0.15) is 5.56 Å². The molecule has 1 aromatic heterocycles. The van der Waals surface area contributed by atoms with Crippen LogP contribution >= 0.6 is 34.8 Å². The Bertz CT molecular complexity index is 1030. The Hall–Kier alpha value is -1.72. The Morgan fingerprint density at radius 2 is 1.70 bits per heavy atom. The van der Waals surface area contributed by atoms with Crippen molar-refractivity contribution in [1.29, 1.82) is 0 Å². The highest BCUT2D eigenvalue weighted by molar-refractivity contribution is 6.38. The lowest BCUT2D eigenvalue weighted by Crippen LogP contribution is -3.13. The van der Waals surface area contributed by atoms with E-state index in [0.717, 1.165) is 31.2 Å². The topological polar surface area (TPSA) is 37.9 Å². The van der Waals surface area contributed by atoms with Crippen molar-refractivity contribution in [3.8, 4) is 0 Å². The number of rotatable bonds is 3. The molecule has 2 heterocycles. The van der Waals surface area contributed by atoms with Gasteiger partial charge in [-0.25, -0.2) is 0 Å². The number of piperazine rings is 1. The van der Waals surface area contributed by atoms with Crippen LogP contribution in [0.15, 0.2) is 51.9 Å². The van der Waals surface area contributed by atoms with Crippen LogP contribution in [-0.2, 0) is 6.54 Å². The maximum atomic E-state index is 12.8. The number of anilines is 1. The highest BCUT2D eigenvalue weighted by Crippen LogP contribution is 2.26. The zero-order valence-electron chi connectivity index (χ0n) is 14.5. The van der Waals surface area contributed by atoms with Gasteiger partial charge in [0.15, 0.2) is 5.58 Å². The zero-order valence-corrected chi connectivity index (χ0v) is 16.7. The average Bonchev–Trinajstić information content (AvgIpc) is 2.66. The number of benzene rings is 2. The van der Waals surface area contributed by atoms with Gasteiger partial charge in [0.1, 0.15) is 12.8 Å². The summed E-state index contributed by atoms with van der Waals surface area (Å²) < 4.78 is 5.63. The third kappa shape index (κ3) is 3.94. The van der Waals surface area contributed by atoms with E-state index in [1.54, 1.807) is 12.1 Å². The number of halogens is 3. The summed E-state index contributed by atoms with van der Waals surface area (Å²) in [6.07, 6.45) is 1.53. The molecule has 3 aromatic rings. The molecular formula is C20H18Cl3N2O2+. The van der Waals surface area contributed by atoms with Crippen molar-refractivity contribution in [2.24, 2.45) is 0 Å².